The SMILES string of the molecule is CCCC1NC(C2CCCC2)N(CC(C)C(C)C)C1=O. The number of hydrogen-bond donors (Lipinski definition) is 1. The number of amides is 1. The summed E-state index contributed by atoms with van der Waals surface area (Å²) in [7, 11) is 0. The minimum atomic E-state index is 0.0740. The van der Waals surface area contributed by atoms with Gasteiger partial charge >= 0.3 is 0 Å². The van der Waals surface area contributed by atoms with Crippen LogP contribution in [-0.4, -0.2) is 29.6 Å². The second-order valence-electron chi connectivity index (χ2n) is 7.21. The minimum Gasteiger partial charge on any atom is -0.325 e. The summed E-state index contributed by atoms with van der Waals surface area (Å²) in [6.07, 6.45) is 7.62. The first-order valence-corrected chi connectivity index (χ1v) is 8.61. The Bertz CT molecular complexity index is 323. The first kappa shape index (κ1) is 15.8. The molecule has 1 N–H and O–H groups in total. The molecule has 0 aromatic rings. The van der Waals surface area contributed by atoms with E-state index >= 15 is 0 Å². The fourth-order valence-corrected chi connectivity index (χ4v) is 3.59. The fraction of sp³-hybridized carbons (Fsp3) is 0.941. The Kier molecular flexibility index (Phi) is 5.48. The van der Waals surface area contributed by atoms with Gasteiger partial charge in [-0.3, -0.25) is 10.1 Å². The Morgan fingerprint density at radius 2 is 1.90 bits per heavy atom. The summed E-state index contributed by atoms with van der Waals surface area (Å²) in [6.45, 7) is 9.88. The molecular formula is C17H32N2O. The van der Waals surface area contributed by atoms with Crippen molar-refractivity contribution in [3.8, 4) is 0 Å². The van der Waals surface area contributed by atoms with Gasteiger partial charge in [0.2, 0.25) is 5.91 Å². The third-order valence-electron chi connectivity index (χ3n) is 5.34. The number of carbonyl (C=O) groups excluding carboxylic acids is 1. The zero-order chi connectivity index (χ0) is 14.7. The Balaban J connectivity index is 2.07. The lowest BCUT2D eigenvalue weighted by Crippen LogP contribution is -2.45. The van der Waals surface area contributed by atoms with Gasteiger partial charge < -0.3 is 4.90 Å². The summed E-state index contributed by atoms with van der Waals surface area (Å²) >= 11 is 0. The molecule has 1 saturated carbocycles. The van der Waals surface area contributed by atoms with Gasteiger partial charge in [0.1, 0.15) is 0 Å². The van der Waals surface area contributed by atoms with Crippen LogP contribution in [0.2, 0.25) is 0 Å². The molecular weight excluding hydrogens is 248 g/mol. The number of rotatable bonds is 6. The molecule has 20 heavy (non-hydrogen) atoms. The van der Waals surface area contributed by atoms with Crippen LogP contribution in [0.5, 0.6) is 0 Å². The molecule has 0 aromatic carbocycles. The van der Waals surface area contributed by atoms with E-state index in [9.17, 15) is 4.79 Å². The molecule has 3 nitrogen and oxygen atoms in total. The van der Waals surface area contributed by atoms with Gasteiger partial charge in [0, 0.05) is 6.54 Å². The predicted octanol–water partition coefficient (Wildman–Crippen LogP) is 3.40. The number of hydrogen-bond acceptors (Lipinski definition) is 2. The highest BCUT2D eigenvalue weighted by molar-refractivity contribution is 5.84. The second-order valence-corrected chi connectivity index (χ2v) is 7.21. The molecule has 2 fully saturated rings. The highest BCUT2D eigenvalue weighted by Crippen LogP contribution is 2.33. The van der Waals surface area contributed by atoms with Gasteiger partial charge in [0.25, 0.3) is 0 Å². The molecule has 0 radical (unpaired) electrons. The lowest BCUT2D eigenvalue weighted by molar-refractivity contribution is -0.131. The lowest BCUT2D eigenvalue weighted by atomic mass is 9.96. The van der Waals surface area contributed by atoms with Crippen molar-refractivity contribution in [3.05, 3.63) is 0 Å². The van der Waals surface area contributed by atoms with E-state index in [4.69, 9.17) is 0 Å². The molecule has 1 amide bonds. The smallest absolute Gasteiger partial charge is 0.241 e. The van der Waals surface area contributed by atoms with Crippen molar-refractivity contribution in [3.63, 3.8) is 0 Å². The number of nitrogens with one attached hydrogen (secondary N) is 1. The van der Waals surface area contributed by atoms with Gasteiger partial charge in [-0.25, -0.2) is 0 Å². The summed E-state index contributed by atoms with van der Waals surface area (Å²) in [5, 5.41) is 3.65. The van der Waals surface area contributed by atoms with E-state index < -0.39 is 0 Å². The van der Waals surface area contributed by atoms with Crippen molar-refractivity contribution in [2.24, 2.45) is 17.8 Å². The first-order valence-electron chi connectivity index (χ1n) is 8.61. The van der Waals surface area contributed by atoms with Crippen LogP contribution in [0.25, 0.3) is 0 Å². The summed E-state index contributed by atoms with van der Waals surface area (Å²) in [6, 6.07) is 0.0740. The Morgan fingerprint density at radius 1 is 1.25 bits per heavy atom. The number of nitrogens with zero attached hydrogens (tertiary/aromatic N) is 1. The number of carbonyl (C=O) groups is 1. The molecule has 2 rings (SSSR count). The normalized spacial score (nSPS) is 29.6. The average Bonchev–Trinajstić information content (AvgIpc) is 3.02. The van der Waals surface area contributed by atoms with Crippen molar-refractivity contribution in [2.45, 2.75) is 78.4 Å². The molecule has 0 aromatic heterocycles. The van der Waals surface area contributed by atoms with Crippen LogP contribution in [0.3, 0.4) is 0 Å². The van der Waals surface area contributed by atoms with Crippen molar-refractivity contribution in [2.75, 3.05) is 6.54 Å². The largest absolute Gasteiger partial charge is 0.325 e. The fourth-order valence-electron chi connectivity index (χ4n) is 3.59. The van der Waals surface area contributed by atoms with Gasteiger partial charge in [-0.05, 0) is 37.0 Å². The van der Waals surface area contributed by atoms with Crippen molar-refractivity contribution >= 4 is 5.91 Å². The predicted molar refractivity (Wildman–Crippen MR) is 83.3 cm³/mol. The molecule has 0 bridgehead atoms. The molecule has 3 unspecified atom stereocenters. The van der Waals surface area contributed by atoms with E-state index in [1.807, 2.05) is 0 Å². The van der Waals surface area contributed by atoms with Gasteiger partial charge in [-0.1, -0.05) is 47.0 Å². The zero-order valence-corrected chi connectivity index (χ0v) is 13.7. The highest BCUT2D eigenvalue weighted by Gasteiger charge is 2.43. The van der Waals surface area contributed by atoms with Crippen molar-refractivity contribution in [1.82, 2.24) is 10.2 Å². The molecule has 1 aliphatic carbocycles. The average molecular weight is 280 g/mol. The molecule has 3 atom stereocenters. The third kappa shape index (κ3) is 3.36. The summed E-state index contributed by atoms with van der Waals surface area (Å²) < 4.78 is 0. The van der Waals surface area contributed by atoms with E-state index in [-0.39, 0.29) is 6.04 Å². The monoisotopic (exact) mass is 280 g/mol. The van der Waals surface area contributed by atoms with Crippen molar-refractivity contribution < 1.29 is 4.79 Å². The maximum Gasteiger partial charge on any atom is 0.241 e. The Morgan fingerprint density at radius 3 is 2.45 bits per heavy atom. The van der Waals surface area contributed by atoms with Crippen LogP contribution >= 0.6 is 0 Å². The standard InChI is InChI=1S/C17H32N2O/c1-5-8-15-17(20)19(11-13(4)12(2)3)16(18-15)14-9-6-7-10-14/h12-16,18H,5-11H2,1-4H3. The van der Waals surface area contributed by atoms with E-state index in [2.05, 4.69) is 37.9 Å². The topological polar surface area (TPSA) is 32.3 Å². The van der Waals surface area contributed by atoms with Gasteiger partial charge in [-0.2, -0.15) is 0 Å². The highest BCUT2D eigenvalue weighted by atomic mass is 16.2. The van der Waals surface area contributed by atoms with Gasteiger partial charge in [0.05, 0.1) is 12.2 Å². The van der Waals surface area contributed by atoms with Gasteiger partial charge in [0.15, 0.2) is 0 Å². The summed E-state index contributed by atoms with van der Waals surface area (Å²) in [5.41, 5.74) is 0. The van der Waals surface area contributed by atoms with Crippen LogP contribution in [0, 0.1) is 17.8 Å². The second kappa shape index (κ2) is 6.93. The maximum absolute atomic E-state index is 12.7. The van der Waals surface area contributed by atoms with Crippen molar-refractivity contribution in [1.29, 1.82) is 0 Å². The van der Waals surface area contributed by atoms with E-state index in [1.54, 1.807) is 0 Å². The van der Waals surface area contributed by atoms with Crippen LogP contribution in [0.15, 0.2) is 0 Å². The molecule has 1 saturated heterocycles. The Labute approximate surface area is 124 Å². The summed E-state index contributed by atoms with van der Waals surface area (Å²) in [4.78, 5) is 14.9. The zero-order valence-electron chi connectivity index (χ0n) is 13.7. The minimum absolute atomic E-state index is 0.0740. The van der Waals surface area contributed by atoms with Gasteiger partial charge in [-0.15, -0.1) is 0 Å². The van der Waals surface area contributed by atoms with E-state index in [0.717, 1.165) is 19.4 Å². The van der Waals surface area contributed by atoms with Crippen LogP contribution < -0.4 is 5.32 Å². The summed E-state index contributed by atoms with van der Waals surface area (Å²) in [5.74, 6) is 2.25. The van der Waals surface area contributed by atoms with Crippen LogP contribution in [0.1, 0.15) is 66.2 Å². The molecule has 2 aliphatic rings. The lowest BCUT2D eigenvalue weighted by Gasteiger charge is -2.32. The molecule has 3 heteroatoms. The molecule has 116 valence electrons. The third-order valence-corrected chi connectivity index (χ3v) is 5.34. The van der Waals surface area contributed by atoms with Crippen LogP contribution in [-0.2, 0) is 4.79 Å². The first-order chi connectivity index (χ1) is 9.54. The molecule has 1 heterocycles. The maximum atomic E-state index is 12.7. The van der Waals surface area contributed by atoms with E-state index in [0.29, 0.717) is 29.8 Å². The molecule has 0 spiro atoms. The quantitative estimate of drug-likeness (QED) is 0.809. The Hall–Kier alpha value is -0.570. The molecule has 1 aliphatic heterocycles. The van der Waals surface area contributed by atoms with E-state index in [1.165, 1.54) is 25.7 Å². The van der Waals surface area contributed by atoms with Crippen LogP contribution in [0.4, 0.5) is 0 Å².